The van der Waals surface area contributed by atoms with E-state index in [1.807, 2.05) is 0 Å². The van der Waals surface area contributed by atoms with E-state index in [1.165, 1.54) is 0 Å². The van der Waals surface area contributed by atoms with Crippen molar-refractivity contribution in [3.05, 3.63) is 0 Å². The molecule has 0 heterocycles. The van der Waals surface area contributed by atoms with E-state index in [1.54, 1.807) is 0 Å². The molecule has 0 aliphatic heterocycles. The number of hydrogen-bond donors (Lipinski definition) is 10. The van der Waals surface area contributed by atoms with Gasteiger partial charge in [0.25, 0.3) is 0 Å². The molecule has 0 aromatic heterocycles. The van der Waals surface area contributed by atoms with Crippen LogP contribution in [0.1, 0.15) is 0 Å². The molecule has 10 atom stereocenters. The van der Waals surface area contributed by atoms with E-state index in [0.717, 1.165) is 18.9 Å². The van der Waals surface area contributed by atoms with E-state index in [9.17, 15) is 30.0 Å². The van der Waals surface area contributed by atoms with Gasteiger partial charge in [-0.15, -0.1) is 0 Å². The third-order valence-electron chi connectivity index (χ3n) is 3.65. The number of aliphatic hydroxyl groups is 10. The molecule has 10 unspecified atom stereocenters. The van der Waals surface area contributed by atoms with Crippen molar-refractivity contribution in [2.24, 2.45) is 0 Å². The molecule has 0 aliphatic carbocycles. The van der Waals surface area contributed by atoms with Gasteiger partial charge in [-0.3, -0.25) is 0 Å². The van der Waals surface area contributed by atoms with E-state index in [-0.39, 0.29) is 0 Å². The van der Waals surface area contributed by atoms with Crippen molar-refractivity contribution in [3.63, 3.8) is 0 Å². The molecule has 17 nitrogen and oxygen atoms in total. The number of carbonyl (C=O) groups is 2. The minimum absolute atomic E-state index is 0.900. The molecule has 0 radical (unpaired) electrons. The van der Waals surface area contributed by atoms with Crippen molar-refractivity contribution >= 4 is 11.9 Å². The van der Waals surface area contributed by atoms with Crippen LogP contribution in [0, 0.1) is 0 Å². The Morgan fingerprint density at radius 3 is 0.938 bits per heavy atom. The molecule has 0 aromatic rings. The average molecular weight is 563 g/mol. The van der Waals surface area contributed by atoms with Crippen LogP contribution in [0.25, 0.3) is 0 Å². The zero-order chi connectivity index (χ0) is 26.3. The normalized spacial score (nSPS) is 20.2. The molecule has 190 valence electrons. The quantitative estimate of drug-likeness (QED) is 0.105. The summed E-state index contributed by atoms with van der Waals surface area (Å²) in [4.78, 5) is 20.0. The first-order valence-corrected chi connectivity index (χ1v) is 8.96. The molecule has 0 bridgehead atoms. The molecule has 0 saturated carbocycles. The van der Waals surface area contributed by atoms with Gasteiger partial charge in [0.2, 0.25) is 0 Å². The van der Waals surface area contributed by atoms with Gasteiger partial charge in [0.05, 0.1) is 25.4 Å². The summed E-state index contributed by atoms with van der Waals surface area (Å²) < 4.78 is 8.22. The Bertz CT molecular complexity index is 479. The molecule has 32 heavy (non-hydrogen) atoms. The van der Waals surface area contributed by atoms with Gasteiger partial charge in [0.1, 0.15) is 36.6 Å². The molecule has 0 spiro atoms. The molecule has 10 N–H and O–H groups in total. The first-order valence-electron chi connectivity index (χ1n) is 8.20. The Hall–Kier alpha value is -1.09. The summed E-state index contributed by atoms with van der Waals surface area (Å²) in [6.07, 6.45) is -22.0. The number of carboxylic acids is 2. The van der Waals surface area contributed by atoms with Crippen molar-refractivity contribution in [2.75, 3.05) is 13.2 Å². The van der Waals surface area contributed by atoms with Crippen LogP contribution in [-0.4, -0.2) is 137 Å². The molecule has 0 aliphatic rings. The maximum absolute atomic E-state index is 10.7. The van der Waals surface area contributed by atoms with Crippen LogP contribution in [0.3, 0.4) is 0 Å². The fraction of sp³-hybridized carbons (Fsp3) is 0.857. The van der Waals surface area contributed by atoms with Gasteiger partial charge < -0.3 is 81.1 Å². The Balaban J connectivity index is -0.000000487. The number of carboxylic acid groups (broad SMARTS) is 2. The average Bonchev–Trinajstić information content (AvgIpc) is 2.80. The summed E-state index contributed by atoms with van der Waals surface area (Å²) in [7, 11) is 0. The second-order valence-electron chi connectivity index (χ2n) is 5.92. The van der Waals surface area contributed by atoms with Crippen molar-refractivity contribution < 1.29 is 103 Å². The van der Waals surface area contributed by atoms with Gasteiger partial charge in [-0.25, -0.2) is 0 Å². The summed E-state index contributed by atoms with van der Waals surface area (Å²) in [6.45, 7) is -1.83. The van der Waals surface area contributed by atoms with Gasteiger partial charge in [-0.2, -0.15) is 0 Å². The van der Waals surface area contributed by atoms with Crippen molar-refractivity contribution in [1.29, 1.82) is 0 Å². The van der Waals surface area contributed by atoms with Crippen LogP contribution >= 0.6 is 0 Å². The fourth-order valence-corrected chi connectivity index (χ4v) is 1.71. The van der Waals surface area contributed by atoms with Gasteiger partial charge in [0.15, 0.2) is 0 Å². The zero-order valence-corrected chi connectivity index (χ0v) is 17.8. The second kappa shape index (κ2) is 18.3. The minimum atomic E-state index is -2.65. The predicted octanol–water partition coefficient (Wildman–Crippen LogP) is -12.3. The van der Waals surface area contributed by atoms with Gasteiger partial charge in [0, 0.05) is 11.9 Å². The van der Waals surface area contributed by atoms with E-state index < -0.39 is 86.2 Å². The zero-order valence-electron chi connectivity index (χ0n) is 15.9. The first-order chi connectivity index (χ1) is 14.6. The van der Waals surface area contributed by atoms with Gasteiger partial charge in [-0.05, 0) is 0 Å². The Morgan fingerprint density at radius 1 is 0.562 bits per heavy atom. The fourth-order valence-electron chi connectivity index (χ4n) is 1.71. The van der Waals surface area contributed by atoms with Crippen LogP contribution in [0.4, 0.5) is 0 Å². The van der Waals surface area contributed by atoms with Crippen molar-refractivity contribution in [2.45, 2.75) is 61.0 Å². The third kappa shape index (κ3) is 12.2. The molecule has 0 aromatic carbocycles. The Labute approximate surface area is 190 Å². The van der Waals surface area contributed by atoms with E-state index in [0.29, 0.717) is 0 Å². The molecule has 18 heteroatoms. The Kier molecular flexibility index (Phi) is 20.4. The molecule has 0 amide bonds. The SMILES string of the molecule is O=C([O-])C([O-])C(O)C(O)C(O)C(O)CO.O=C([O-])C([O-])C(O)C(O)C(O)C(O)CO.[O]=[99Tc+3]. The number of aliphatic carboxylic acids is 2. The number of rotatable bonds is 12. The Morgan fingerprint density at radius 2 is 0.781 bits per heavy atom. The van der Waals surface area contributed by atoms with E-state index in [4.69, 9.17) is 54.6 Å². The standard InChI is InChI=1S/2C7H13O8.O.Tc/c2*8-1-2(9)3(10)4(11)5(12)6(13)7(14)15;;/h2*2-6,8-12H,1H2,(H,14,15);;/q2*-1;;+3/p-2/i;;;1+1. The van der Waals surface area contributed by atoms with Crippen LogP contribution in [-0.2, 0) is 31.9 Å². The number of aliphatic hydroxyl groups excluding tert-OH is 10. The van der Waals surface area contributed by atoms with Crippen molar-refractivity contribution in [1.82, 2.24) is 0 Å². The molecule has 0 saturated heterocycles. The topological polar surface area (TPSA) is 346 Å². The first kappa shape index (κ1) is 35.5. The van der Waals surface area contributed by atoms with E-state index in [2.05, 4.69) is 0 Å². The molecule has 0 fully saturated rings. The number of hydrogen-bond acceptors (Lipinski definition) is 17. The molecule has 0 rings (SSSR count). The summed E-state index contributed by atoms with van der Waals surface area (Å²) in [6, 6.07) is 0. The summed E-state index contributed by atoms with van der Waals surface area (Å²) in [5.74, 6) is -4.29. The summed E-state index contributed by atoms with van der Waals surface area (Å²) in [5.41, 5.74) is 0. The van der Waals surface area contributed by atoms with E-state index >= 15 is 0 Å². The third-order valence-corrected chi connectivity index (χ3v) is 3.65. The van der Waals surface area contributed by atoms with Crippen LogP contribution < -0.4 is 20.4 Å². The van der Waals surface area contributed by atoms with Crippen molar-refractivity contribution in [3.8, 4) is 0 Å². The van der Waals surface area contributed by atoms with Gasteiger partial charge in [-0.1, -0.05) is 12.2 Å². The molecular formula is C14H24O17Tc-. The summed E-state index contributed by atoms with van der Waals surface area (Å²) >= 11 is 0.900. The second-order valence-corrected chi connectivity index (χ2v) is 5.92. The van der Waals surface area contributed by atoms with Crippen LogP contribution in [0.15, 0.2) is 0 Å². The monoisotopic (exact) mass is 563 g/mol. The van der Waals surface area contributed by atoms with Crippen LogP contribution in [0.5, 0.6) is 0 Å². The number of carbonyl (C=O) groups excluding carboxylic acids is 2. The summed E-state index contributed by atoms with van der Waals surface area (Å²) in [5, 5.41) is 130. The van der Waals surface area contributed by atoms with Crippen LogP contribution in [0.2, 0.25) is 0 Å². The maximum atomic E-state index is 10.7. The molecular weight excluding hydrogens is 539 g/mol. The van der Waals surface area contributed by atoms with Gasteiger partial charge >= 0.3 is 22.4 Å². The predicted molar refractivity (Wildman–Crippen MR) is 80.5 cm³/mol.